The number of aryl methyl sites for hydroxylation is 1. The summed E-state index contributed by atoms with van der Waals surface area (Å²) < 4.78 is 4.64. The van der Waals surface area contributed by atoms with Crippen LogP contribution in [0.4, 0.5) is 5.95 Å². The molecule has 11 heteroatoms. The van der Waals surface area contributed by atoms with Gasteiger partial charge in [-0.1, -0.05) is 5.92 Å². The molecule has 2 fully saturated rings. The second kappa shape index (κ2) is 11.5. The minimum atomic E-state index is -0.360. The summed E-state index contributed by atoms with van der Waals surface area (Å²) in [5, 5.41) is 0. The Morgan fingerprint density at radius 3 is 2.49 bits per heavy atom. The highest BCUT2D eigenvalue weighted by Crippen LogP contribution is 2.23. The maximum Gasteiger partial charge on any atom is 0.332 e. The molecular formula is C26H40N8O3. The summed E-state index contributed by atoms with van der Waals surface area (Å²) in [6.45, 7) is 6.34. The molecule has 202 valence electrons. The van der Waals surface area contributed by atoms with Crippen molar-refractivity contribution >= 4 is 23.0 Å². The van der Waals surface area contributed by atoms with E-state index in [2.05, 4.69) is 21.6 Å². The lowest BCUT2D eigenvalue weighted by Crippen LogP contribution is -2.44. The Balaban J connectivity index is 1.55. The molecule has 0 bridgehead atoms. The van der Waals surface area contributed by atoms with Crippen LogP contribution in [0, 0.1) is 17.8 Å². The van der Waals surface area contributed by atoms with E-state index < -0.39 is 0 Å². The van der Waals surface area contributed by atoms with E-state index in [4.69, 9.17) is 10.7 Å². The van der Waals surface area contributed by atoms with E-state index in [9.17, 15) is 14.4 Å². The molecule has 0 radical (unpaired) electrons. The number of aromatic nitrogens is 4. The smallest absolute Gasteiger partial charge is 0.332 e. The minimum absolute atomic E-state index is 0.0471. The van der Waals surface area contributed by atoms with Gasteiger partial charge in [-0.05, 0) is 58.7 Å². The summed E-state index contributed by atoms with van der Waals surface area (Å²) in [4.78, 5) is 49.9. The van der Waals surface area contributed by atoms with Gasteiger partial charge >= 0.3 is 5.69 Å². The van der Waals surface area contributed by atoms with Crippen molar-refractivity contribution in [2.75, 3.05) is 51.7 Å². The van der Waals surface area contributed by atoms with Crippen molar-refractivity contribution in [3.8, 4) is 11.8 Å². The van der Waals surface area contributed by atoms with Gasteiger partial charge in [0.2, 0.25) is 11.9 Å². The lowest BCUT2D eigenvalue weighted by Gasteiger charge is -2.32. The number of hydrogen-bond donors (Lipinski definition) is 1. The highest BCUT2D eigenvalue weighted by molar-refractivity contribution is 5.78. The van der Waals surface area contributed by atoms with Crippen LogP contribution in [0.25, 0.3) is 11.2 Å². The molecule has 2 aromatic rings. The van der Waals surface area contributed by atoms with Crippen LogP contribution in [-0.2, 0) is 24.9 Å². The fourth-order valence-corrected chi connectivity index (χ4v) is 5.52. The van der Waals surface area contributed by atoms with E-state index in [1.54, 1.807) is 33.0 Å². The van der Waals surface area contributed by atoms with Gasteiger partial charge in [0, 0.05) is 52.7 Å². The molecule has 2 saturated heterocycles. The first-order chi connectivity index (χ1) is 17.7. The van der Waals surface area contributed by atoms with Crippen molar-refractivity contribution in [1.29, 1.82) is 0 Å². The van der Waals surface area contributed by atoms with Crippen molar-refractivity contribution in [2.45, 2.75) is 58.2 Å². The topological polar surface area (TPSA) is 115 Å². The number of nitrogens with two attached hydrogens (primary N) is 1. The lowest BCUT2D eigenvalue weighted by atomic mass is 9.95. The number of imidazole rings is 1. The fourth-order valence-electron chi connectivity index (χ4n) is 5.52. The first kappa shape index (κ1) is 26.9. The third kappa shape index (κ3) is 5.60. The molecule has 0 unspecified atom stereocenters. The fraction of sp³-hybridized carbons (Fsp3) is 0.692. The zero-order valence-corrected chi connectivity index (χ0v) is 22.6. The number of amides is 1. The maximum atomic E-state index is 13.7. The summed E-state index contributed by atoms with van der Waals surface area (Å²) in [5.74, 6) is 6.89. The summed E-state index contributed by atoms with van der Waals surface area (Å²) in [6.07, 6.45) is 4.26. The number of likely N-dealkylation sites (tertiary alicyclic amines) is 1. The van der Waals surface area contributed by atoms with Crippen LogP contribution in [0.3, 0.4) is 0 Å². The Hall–Kier alpha value is -3.10. The molecule has 4 rings (SSSR count). The zero-order valence-electron chi connectivity index (χ0n) is 22.6. The predicted molar refractivity (Wildman–Crippen MR) is 145 cm³/mol. The summed E-state index contributed by atoms with van der Waals surface area (Å²) in [5.41, 5.74) is 6.31. The van der Waals surface area contributed by atoms with Crippen molar-refractivity contribution in [3.05, 3.63) is 20.8 Å². The number of rotatable bonds is 7. The molecule has 2 aliphatic rings. The molecule has 4 heterocycles. The maximum absolute atomic E-state index is 13.7. The summed E-state index contributed by atoms with van der Waals surface area (Å²) in [7, 11) is 5.27. The van der Waals surface area contributed by atoms with Crippen LogP contribution in [0.1, 0.15) is 39.0 Å². The quantitative estimate of drug-likeness (QED) is 0.521. The first-order valence-electron chi connectivity index (χ1n) is 13.3. The van der Waals surface area contributed by atoms with Crippen LogP contribution in [0.2, 0.25) is 0 Å². The molecular weight excluding hydrogens is 472 g/mol. The van der Waals surface area contributed by atoms with Gasteiger partial charge < -0.3 is 20.4 Å². The van der Waals surface area contributed by atoms with E-state index in [-0.39, 0.29) is 29.1 Å². The molecule has 2 aromatic heterocycles. The van der Waals surface area contributed by atoms with Gasteiger partial charge in [0.15, 0.2) is 11.2 Å². The monoisotopic (exact) mass is 512 g/mol. The SMILES string of the molecule is CC#CCn1c(N2CCC[C@@H](N)C2)nc2c1c(=O)n(CCCN1CCC(C(=O)N(C)C)CC1)c(=O)n2C. The third-order valence-electron chi connectivity index (χ3n) is 7.60. The van der Waals surface area contributed by atoms with Gasteiger partial charge in [0.05, 0.1) is 6.54 Å². The number of nitrogens with zero attached hydrogens (tertiary/aromatic N) is 7. The van der Waals surface area contributed by atoms with Crippen LogP contribution >= 0.6 is 0 Å². The molecule has 0 aliphatic carbocycles. The Labute approximate surface area is 217 Å². The van der Waals surface area contributed by atoms with E-state index in [1.807, 2.05) is 4.57 Å². The molecule has 0 spiro atoms. The van der Waals surface area contributed by atoms with Gasteiger partial charge in [-0.25, -0.2) is 4.79 Å². The first-order valence-corrected chi connectivity index (χ1v) is 13.3. The largest absolute Gasteiger partial charge is 0.349 e. The third-order valence-corrected chi connectivity index (χ3v) is 7.60. The Kier molecular flexibility index (Phi) is 8.39. The van der Waals surface area contributed by atoms with Gasteiger partial charge in [-0.3, -0.25) is 23.3 Å². The Bertz CT molecular complexity index is 1300. The van der Waals surface area contributed by atoms with Gasteiger partial charge in [0.25, 0.3) is 5.56 Å². The Morgan fingerprint density at radius 1 is 1.11 bits per heavy atom. The van der Waals surface area contributed by atoms with Crippen LogP contribution in [0.5, 0.6) is 0 Å². The number of piperidine rings is 2. The summed E-state index contributed by atoms with van der Waals surface area (Å²) in [6, 6.07) is 0.0471. The molecule has 37 heavy (non-hydrogen) atoms. The van der Waals surface area contributed by atoms with Crippen molar-refractivity contribution < 1.29 is 4.79 Å². The van der Waals surface area contributed by atoms with Crippen LogP contribution in [-0.4, -0.2) is 87.3 Å². The molecule has 11 nitrogen and oxygen atoms in total. The number of fused-ring (bicyclic) bond motifs is 1. The minimum Gasteiger partial charge on any atom is -0.349 e. The lowest BCUT2D eigenvalue weighted by molar-refractivity contribution is -0.134. The van der Waals surface area contributed by atoms with Gasteiger partial charge in [-0.2, -0.15) is 4.98 Å². The van der Waals surface area contributed by atoms with Crippen LogP contribution in [0.15, 0.2) is 9.59 Å². The van der Waals surface area contributed by atoms with Gasteiger partial charge in [0.1, 0.15) is 0 Å². The molecule has 2 N–H and O–H groups in total. The van der Waals surface area contributed by atoms with Crippen molar-refractivity contribution in [3.63, 3.8) is 0 Å². The van der Waals surface area contributed by atoms with Gasteiger partial charge in [-0.15, -0.1) is 5.92 Å². The molecule has 2 aliphatic heterocycles. The number of anilines is 1. The zero-order chi connectivity index (χ0) is 26.7. The summed E-state index contributed by atoms with van der Waals surface area (Å²) >= 11 is 0. The van der Waals surface area contributed by atoms with E-state index in [0.717, 1.165) is 51.9 Å². The highest BCUT2D eigenvalue weighted by Gasteiger charge is 2.27. The number of carbonyl (C=O) groups excluding carboxylic acids is 1. The van der Waals surface area contributed by atoms with E-state index in [0.29, 0.717) is 43.2 Å². The molecule has 0 saturated carbocycles. The standard InChI is InChI=1S/C26H40N8O3/c1-5-6-14-33-21-22(28-25(33)32-13-7-9-20(27)18-32)30(4)26(37)34(24(21)36)15-8-12-31-16-10-19(11-17-31)23(35)29(2)3/h19-20H,7-18,27H2,1-4H3/t20-/m1/s1. The van der Waals surface area contributed by atoms with Crippen molar-refractivity contribution in [2.24, 2.45) is 18.7 Å². The second-order valence-corrected chi connectivity index (χ2v) is 10.4. The Morgan fingerprint density at radius 2 is 1.84 bits per heavy atom. The average Bonchev–Trinajstić information content (AvgIpc) is 3.28. The van der Waals surface area contributed by atoms with Crippen molar-refractivity contribution in [1.82, 2.24) is 28.5 Å². The number of hydrogen-bond acceptors (Lipinski definition) is 7. The molecule has 1 amide bonds. The average molecular weight is 513 g/mol. The predicted octanol–water partition coefficient (Wildman–Crippen LogP) is 0.0378. The molecule has 1 atom stereocenters. The second-order valence-electron chi connectivity index (χ2n) is 10.4. The van der Waals surface area contributed by atoms with Crippen LogP contribution < -0.4 is 21.9 Å². The number of carbonyl (C=O) groups is 1. The highest BCUT2D eigenvalue weighted by atomic mass is 16.2. The van der Waals surface area contributed by atoms with E-state index in [1.165, 1.54) is 9.13 Å². The normalized spacial score (nSPS) is 19.2. The molecule has 0 aromatic carbocycles. The van der Waals surface area contributed by atoms with E-state index >= 15 is 0 Å².